The minimum absolute atomic E-state index is 0.0495. The molecule has 1 heterocycles. The van der Waals surface area contributed by atoms with Gasteiger partial charge in [-0.2, -0.15) is 0 Å². The molecule has 0 saturated carbocycles. The molecule has 0 aliphatic carbocycles. The highest BCUT2D eigenvalue weighted by molar-refractivity contribution is 14.1. The van der Waals surface area contributed by atoms with Crippen LogP contribution in [-0.4, -0.2) is 37.1 Å². The molecule has 1 aliphatic heterocycles. The Morgan fingerprint density at radius 1 is 1.13 bits per heavy atom. The van der Waals surface area contributed by atoms with Gasteiger partial charge in [0, 0.05) is 29.1 Å². The zero-order valence-corrected chi connectivity index (χ0v) is 19.1. The van der Waals surface area contributed by atoms with Crippen molar-refractivity contribution in [3.63, 3.8) is 0 Å². The number of ether oxygens (including phenoxy) is 2. The van der Waals surface area contributed by atoms with E-state index in [2.05, 4.69) is 52.2 Å². The summed E-state index contributed by atoms with van der Waals surface area (Å²) in [6.07, 6.45) is 4.28. The maximum Gasteiger partial charge on any atom is 0.286 e. The smallest absolute Gasteiger partial charge is 0.286 e. The molecular formula is C24H28INO4. The number of aliphatic hydroxyl groups is 1. The number of halogens is 1. The van der Waals surface area contributed by atoms with Crippen LogP contribution >= 0.6 is 22.6 Å². The first-order valence-corrected chi connectivity index (χ1v) is 11.4. The van der Waals surface area contributed by atoms with Gasteiger partial charge >= 0.3 is 0 Å². The third kappa shape index (κ3) is 7.11. The van der Waals surface area contributed by atoms with E-state index >= 15 is 0 Å². The van der Waals surface area contributed by atoms with Gasteiger partial charge in [-0.25, -0.2) is 0 Å². The molecule has 1 amide bonds. The van der Waals surface area contributed by atoms with Crippen LogP contribution in [0.5, 0.6) is 0 Å². The second-order valence-electron chi connectivity index (χ2n) is 7.27. The molecule has 0 fully saturated rings. The average molecular weight is 521 g/mol. The topological polar surface area (TPSA) is 67.8 Å². The van der Waals surface area contributed by atoms with Crippen LogP contribution in [0.1, 0.15) is 36.3 Å². The van der Waals surface area contributed by atoms with E-state index in [9.17, 15) is 4.79 Å². The van der Waals surface area contributed by atoms with Gasteiger partial charge in [-0.15, -0.1) is 0 Å². The van der Waals surface area contributed by atoms with Gasteiger partial charge in [0.05, 0.1) is 6.61 Å². The first-order chi connectivity index (χ1) is 14.7. The van der Waals surface area contributed by atoms with E-state index < -0.39 is 6.29 Å². The minimum Gasteiger partial charge on any atom is -0.459 e. The summed E-state index contributed by atoms with van der Waals surface area (Å²) in [7, 11) is 0. The number of benzene rings is 2. The van der Waals surface area contributed by atoms with E-state index in [0.29, 0.717) is 31.8 Å². The largest absolute Gasteiger partial charge is 0.459 e. The molecule has 1 aliphatic rings. The number of allylic oxidation sites excluding steroid dienone is 1. The van der Waals surface area contributed by atoms with E-state index in [1.165, 1.54) is 9.13 Å². The number of carbonyl (C=O) groups is 1. The number of unbranched alkanes of at least 4 members (excludes halogenated alkanes) is 1. The molecule has 0 bridgehead atoms. The molecule has 3 rings (SSSR count). The summed E-state index contributed by atoms with van der Waals surface area (Å²) in [6.45, 7) is 1.18. The van der Waals surface area contributed by atoms with Gasteiger partial charge in [0.2, 0.25) is 6.29 Å². The SMILES string of the molecule is O=C(NCCc1ccccc1)C1=C[C@@H](c2ccc(I)cc2)C[C@@H](OCCCCO)O1. The first kappa shape index (κ1) is 22.8. The molecule has 2 aromatic rings. The zero-order chi connectivity index (χ0) is 21.2. The third-order valence-corrected chi connectivity index (χ3v) is 5.70. The van der Waals surface area contributed by atoms with Gasteiger partial charge in [-0.3, -0.25) is 4.79 Å². The van der Waals surface area contributed by atoms with Crippen molar-refractivity contribution in [2.45, 2.75) is 37.9 Å². The lowest BCUT2D eigenvalue weighted by Crippen LogP contribution is -2.34. The van der Waals surface area contributed by atoms with Crippen LogP contribution in [-0.2, 0) is 20.7 Å². The van der Waals surface area contributed by atoms with E-state index in [1.54, 1.807) is 0 Å². The molecule has 0 spiro atoms. The number of hydrogen-bond donors (Lipinski definition) is 2. The Morgan fingerprint density at radius 3 is 2.63 bits per heavy atom. The Bertz CT molecular complexity index is 823. The van der Waals surface area contributed by atoms with Gasteiger partial charge in [0.25, 0.3) is 5.91 Å². The molecule has 2 N–H and O–H groups in total. The van der Waals surface area contributed by atoms with Gasteiger partial charge in [-0.05, 0) is 71.2 Å². The van der Waals surface area contributed by atoms with Crippen molar-refractivity contribution in [1.82, 2.24) is 5.32 Å². The van der Waals surface area contributed by atoms with Crippen molar-refractivity contribution in [2.75, 3.05) is 19.8 Å². The van der Waals surface area contributed by atoms with Crippen molar-refractivity contribution in [1.29, 1.82) is 0 Å². The first-order valence-electron chi connectivity index (χ1n) is 10.3. The highest BCUT2D eigenvalue weighted by atomic mass is 127. The third-order valence-electron chi connectivity index (χ3n) is 4.98. The molecule has 0 aromatic heterocycles. The number of carbonyl (C=O) groups excluding carboxylic acids is 1. The highest BCUT2D eigenvalue weighted by Gasteiger charge is 2.28. The minimum atomic E-state index is -0.479. The Balaban J connectivity index is 1.64. The molecule has 2 atom stereocenters. The van der Waals surface area contributed by atoms with Gasteiger partial charge in [0.1, 0.15) is 0 Å². The molecule has 5 nitrogen and oxygen atoms in total. The van der Waals surface area contributed by atoms with E-state index in [-0.39, 0.29) is 18.4 Å². The number of nitrogens with one attached hydrogen (secondary N) is 1. The maximum atomic E-state index is 12.7. The average Bonchev–Trinajstić information content (AvgIpc) is 2.78. The standard InChI is InChI=1S/C24H28INO4/c25-21-10-8-19(9-11-21)20-16-22(30-23(17-20)29-15-5-4-14-27)24(28)26-13-12-18-6-2-1-3-7-18/h1-3,6-11,16,20,23,27H,4-5,12-15,17H2,(H,26,28)/t20-,23+/m1/s1. The second kappa shape index (κ2) is 12.1. The summed E-state index contributed by atoms with van der Waals surface area (Å²) < 4.78 is 12.9. The van der Waals surface area contributed by atoms with E-state index in [4.69, 9.17) is 14.6 Å². The second-order valence-corrected chi connectivity index (χ2v) is 8.51. The van der Waals surface area contributed by atoms with Crippen LogP contribution < -0.4 is 5.32 Å². The summed E-state index contributed by atoms with van der Waals surface area (Å²) in [6, 6.07) is 18.4. The quantitative estimate of drug-likeness (QED) is 0.364. The molecule has 2 aromatic carbocycles. The number of amides is 1. The lowest BCUT2D eigenvalue weighted by atomic mass is 9.93. The van der Waals surface area contributed by atoms with E-state index in [0.717, 1.165) is 18.4 Å². The highest BCUT2D eigenvalue weighted by Crippen LogP contribution is 2.31. The summed E-state index contributed by atoms with van der Waals surface area (Å²) >= 11 is 2.28. The Labute approximate surface area is 191 Å². The fourth-order valence-corrected chi connectivity index (χ4v) is 3.70. The van der Waals surface area contributed by atoms with Crippen LogP contribution in [0.15, 0.2) is 66.4 Å². The Hall–Kier alpha value is -1.90. The van der Waals surface area contributed by atoms with Crippen molar-refractivity contribution in [3.05, 3.63) is 81.1 Å². The van der Waals surface area contributed by atoms with Crippen LogP contribution in [0, 0.1) is 3.57 Å². The van der Waals surface area contributed by atoms with Crippen molar-refractivity contribution >= 4 is 28.5 Å². The summed E-state index contributed by atoms with van der Waals surface area (Å²) in [4.78, 5) is 12.7. The fourth-order valence-electron chi connectivity index (χ4n) is 3.34. The molecule has 0 unspecified atom stereocenters. The number of rotatable bonds is 10. The van der Waals surface area contributed by atoms with E-state index in [1.807, 2.05) is 36.4 Å². The van der Waals surface area contributed by atoms with Gasteiger partial charge in [0.15, 0.2) is 5.76 Å². The zero-order valence-electron chi connectivity index (χ0n) is 16.9. The molecule has 0 saturated heterocycles. The normalized spacial score (nSPS) is 18.4. The molecule has 6 heteroatoms. The van der Waals surface area contributed by atoms with Crippen LogP contribution in [0.25, 0.3) is 0 Å². The molecule has 30 heavy (non-hydrogen) atoms. The van der Waals surface area contributed by atoms with Crippen molar-refractivity contribution in [3.8, 4) is 0 Å². The fraction of sp³-hybridized carbons (Fsp3) is 0.375. The Morgan fingerprint density at radius 2 is 1.90 bits per heavy atom. The molecular weight excluding hydrogens is 493 g/mol. The van der Waals surface area contributed by atoms with Crippen LogP contribution in [0.2, 0.25) is 0 Å². The summed E-state index contributed by atoms with van der Waals surface area (Å²) in [5.74, 6) is 0.142. The predicted octanol–water partition coefficient (Wildman–Crippen LogP) is 4.15. The monoisotopic (exact) mass is 521 g/mol. The Kier molecular flexibility index (Phi) is 9.17. The maximum absolute atomic E-state index is 12.7. The van der Waals surface area contributed by atoms with Crippen molar-refractivity contribution in [2.24, 2.45) is 0 Å². The van der Waals surface area contributed by atoms with Crippen LogP contribution in [0.3, 0.4) is 0 Å². The lowest BCUT2D eigenvalue weighted by Gasteiger charge is -2.29. The van der Waals surface area contributed by atoms with Gasteiger partial charge in [-0.1, -0.05) is 42.5 Å². The summed E-state index contributed by atoms with van der Waals surface area (Å²) in [5, 5.41) is 11.9. The lowest BCUT2D eigenvalue weighted by molar-refractivity contribution is -0.146. The molecule has 160 valence electrons. The summed E-state index contributed by atoms with van der Waals surface area (Å²) in [5.41, 5.74) is 2.32. The predicted molar refractivity (Wildman–Crippen MR) is 125 cm³/mol. The van der Waals surface area contributed by atoms with Crippen molar-refractivity contribution < 1.29 is 19.4 Å². The number of aliphatic hydroxyl groups excluding tert-OH is 1. The van der Waals surface area contributed by atoms with Gasteiger partial charge < -0.3 is 19.9 Å². The van der Waals surface area contributed by atoms with Crippen LogP contribution in [0.4, 0.5) is 0 Å². The molecule has 0 radical (unpaired) electrons. The number of hydrogen-bond acceptors (Lipinski definition) is 4.